The van der Waals surface area contributed by atoms with Crippen molar-refractivity contribution in [2.24, 2.45) is 5.73 Å². The second-order valence-corrected chi connectivity index (χ2v) is 5.22. The summed E-state index contributed by atoms with van der Waals surface area (Å²) in [5.74, 6) is 1.02. The van der Waals surface area contributed by atoms with Crippen molar-refractivity contribution in [2.75, 3.05) is 11.9 Å². The topological polar surface area (TPSA) is 55.0 Å². The summed E-state index contributed by atoms with van der Waals surface area (Å²) in [5.41, 5.74) is 10.6. The van der Waals surface area contributed by atoms with Crippen LogP contribution in [0.4, 0.5) is 11.5 Å². The Morgan fingerprint density at radius 1 is 1.15 bits per heavy atom. The third-order valence-electron chi connectivity index (χ3n) is 3.99. The zero-order chi connectivity index (χ0) is 13.9. The van der Waals surface area contributed by atoms with Crippen molar-refractivity contribution in [3.05, 3.63) is 47.4 Å². The molecule has 0 saturated carbocycles. The molecule has 1 heterocycles. The first-order chi connectivity index (χ1) is 9.81. The molecule has 0 amide bonds. The van der Waals surface area contributed by atoms with Gasteiger partial charge in [-0.2, -0.15) is 0 Å². The van der Waals surface area contributed by atoms with Crippen LogP contribution < -0.4 is 10.6 Å². The maximum Gasteiger partial charge on any atom is 0.139 e. The van der Waals surface area contributed by atoms with Gasteiger partial charge in [0, 0.05) is 30.5 Å². The highest BCUT2D eigenvalue weighted by Crippen LogP contribution is 2.31. The van der Waals surface area contributed by atoms with Gasteiger partial charge >= 0.3 is 0 Å². The molecule has 20 heavy (non-hydrogen) atoms. The van der Waals surface area contributed by atoms with Crippen molar-refractivity contribution in [1.82, 2.24) is 9.97 Å². The highest BCUT2D eigenvalue weighted by atomic mass is 15.2. The molecule has 0 atom stereocenters. The van der Waals surface area contributed by atoms with Crippen molar-refractivity contribution in [3.63, 3.8) is 0 Å². The fraction of sp³-hybridized carbons (Fsp3) is 0.375. The number of nitrogens with two attached hydrogens (primary N) is 1. The molecule has 0 bridgehead atoms. The van der Waals surface area contributed by atoms with Crippen LogP contribution in [0, 0.1) is 0 Å². The van der Waals surface area contributed by atoms with E-state index in [0.29, 0.717) is 6.54 Å². The molecule has 1 aliphatic rings. The van der Waals surface area contributed by atoms with Gasteiger partial charge in [-0.3, -0.25) is 0 Å². The molecule has 0 saturated heterocycles. The normalized spacial score (nSPS) is 13.9. The van der Waals surface area contributed by atoms with Gasteiger partial charge in [0.15, 0.2) is 0 Å². The molecular weight excluding hydrogens is 248 g/mol. The molecule has 0 fully saturated rings. The maximum absolute atomic E-state index is 5.84. The van der Waals surface area contributed by atoms with E-state index in [1.54, 1.807) is 6.33 Å². The van der Waals surface area contributed by atoms with Gasteiger partial charge in [0.05, 0.1) is 0 Å². The van der Waals surface area contributed by atoms with Crippen LogP contribution in [0.15, 0.2) is 30.6 Å². The van der Waals surface area contributed by atoms with Crippen LogP contribution in [0.25, 0.3) is 0 Å². The van der Waals surface area contributed by atoms with E-state index in [1.807, 2.05) is 12.1 Å². The molecule has 3 rings (SSSR count). The van der Waals surface area contributed by atoms with Crippen LogP contribution in [0.1, 0.15) is 29.7 Å². The van der Waals surface area contributed by atoms with Gasteiger partial charge in [0.1, 0.15) is 12.1 Å². The zero-order valence-corrected chi connectivity index (χ0v) is 11.8. The Bertz CT molecular complexity index is 609. The highest BCUT2D eigenvalue weighted by Gasteiger charge is 2.19. The molecule has 0 unspecified atom stereocenters. The standard InChI is InChI=1S/C16H20N4/c1-20(15-9-5-2-6-12(15)10-17)16-13-7-3-4-8-14(13)18-11-19-16/h2,5-6,9,11H,3-4,7-8,10,17H2,1H3. The summed E-state index contributed by atoms with van der Waals surface area (Å²) in [7, 11) is 2.06. The molecule has 2 N–H and O–H groups in total. The fourth-order valence-corrected chi connectivity index (χ4v) is 2.92. The molecular formula is C16H20N4. The van der Waals surface area contributed by atoms with Gasteiger partial charge < -0.3 is 10.6 Å². The summed E-state index contributed by atoms with van der Waals surface area (Å²) in [6.45, 7) is 0.536. The summed E-state index contributed by atoms with van der Waals surface area (Å²) in [6.07, 6.45) is 6.27. The lowest BCUT2D eigenvalue weighted by Gasteiger charge is -2.26. The Balaban J connectivity index is 2.04. The van der Waals surface area contributed by atoms with E-state index in [2.05, 4.69) is 34.0 Å². The molecule has 1 aromatic heterocycles. The smallest absolute Gasteiger partial charge is 0.139 e. The number of para-hydroxylation sites is 1. The van der Waals surface area contributed by atoms with Crippen LogP contribution in [-0.2, 0) is 19.4 Å². The number of fused-ring (bicyclic) bond motifs is 1. The number of benzene rings is 1. The van der Waals surface area contributed by atoms with Crippen LogP contribution in [0.3, 0.4) is 0 Å². The molecule has 4 heteroatoms. The molecule has 104 valence electrons. The summed E-state index contributed by atoms with van der Waals surface area (Å²) in [5, 5.41) is 0. The second-order valence-electron chi connectivity index (χ2n) is 5.22. The third-order valence-corrected chi connectivity index (χ3v) is 3.99. The summed E-state index contributed by atoms with van der Waals surface area (Å²) in [6, 6.07) is 8.23. The Kier molecular flexibility index (Phi) is 3.65. The monoisotopic (exact) mass is 268 g/mol. The van der Waals surface area contributed by atoms with E-state index >= 15 is 0 Å². The molecule has 4 nitrogen and oxygen atoms in total. The predicted molar refractivity (Wildman–Crippen MR) is 81.1 cm³/mol. The lowest BCUT2D eigenvalue weighted by molar-refractivity contribution is 0.661. The average Bonchev–Trinajstić information content (AvgIpc) is 2.53. The van der Waals surface area contributed by atoms with E-state index in [4.69, 9.17) is 5.73 Å². The maximum atomic E-state index is 5.84. The summed E-state index contributed by atoms with van der Waals surface area (Å²) >= 11 is 0. The second kappa shape index (κ2) is 5.59. The lowest BCUT2D eigenvalue weighted by atomic mass is 9.96. The number of aryl methyl sites for hydroxylation is 1. The molecule has 2 aromatic rings. The van der Waals surface area contributed by atoms with Crippen molar-refractivity contribution in [2.45, 2.75) is 32.2 Å². The van der Waals surface area contributed by atoms with Gasteiger partial charge in [0.25, 0.3) is 0 Å². The molecule has 0 spiro atoms. The van der Waals surface area contributed by atoms with E-state index < -0.39 is 0 Å². The first kappa shape index (κ1) is 13.1. The zero-order valence-electron chi connectivity index (χ0n) is 11.8. The Morgan fingerprint density at radius 2 is 1.95 bits per heavy atom. The Morgan fingerprint density at radius 3 is 2.80 bits per heavy atom. The van der Waals surface area contributed by atoms with Crippen molar-refractivity contribution in [1.29, 1.82) is 0 Å². The van der Waals surface area contributed by atoms with E-state index in [9.17, 15) is 0 Å². The Labute approximate surface area is 119 Å². The first-order valence-electron chi connectivity index (χ1n) is 7.15. The summed E-state index contributed by atoms with van der Waals surface area (Å²) < 4.78 is 0. The number of rotatable bonds is 3. The van der Waals surface area contributed by atoms with E-state index in [-0.39, 0.29) is 0 Å². The molecule has 0 aliphatic heterocycles. The first-order valence-corrected chi connectivity index (χ1v) is 7.15. The highest BCUT2D eigenvalue weighted by molar-refractivity contribution is 5.66. The number of hydrogen-bond acceptors (Lipinski definition) is 4. The number of nitrogens with zero attached hydrogens (tertiary/aromatic N) is 3. The minimum atomic E-state index is 0.536. The van der Waals surface area contributed by atoms with E-state index in [1.165, 1.54) is 24.1 Å². The lowest BCUT2D eigenvalue weighted by Crippen LogP contribution is -2.19. The average molecular weight is 268 g/mol. The van der Waals surface area contributed by atoms with Crippen molar-refractivity contribution >= 4 is 11.5 Å². The number of hydrogen-bond donors (Lipinski definition) is 1. The fourth-order valence-electron chi connectivity index (χ4n) is 2.92. The van der Waals surface area contributed by atoms with Crippen LogP contribution in [0.2, 0.25) is 0 Å². The number of aromatic nitrogens is 2. The number of anilines is 2. The third kappa shape index (κ3) is 2.27. The predicted octanol–water partition coefficient (Wildman–Crippen LogP) is 2.58. The summed E-state index contributed by atoms with van der Waals surface area (Å²) in [4.78, 5) is 11.1. The van der Waals surface area contributed by atoms with E-state index in [0.717, 1.165) is 29.9 Å². The van der Waals surface area contributed by atoms with Crippen LogP contribution >= 0.6 is 0 Å². The quantitative estimate of drug-likeness (QED) is 0.929. The molecule has 1 aromatic carbocycles. The van der Waals surface area contributed by atoms with Crippen LogP contribution in [-0.4, -0.2) is 17.0 Å². The minimum Gasteiger partial charge on any atom is -0.329 e. The molecule has 0 radical (unpaired) electrons. The van der Waals surface area contributed by atoms with Gasteiger partial charge in [-0.25, -0.2) is 9.97 Å². The molecule has 1 aliphatic carbocycles. The van der Waals surface area contributed by atoms with Crippen molar-refractivity contribution in [3.8, 4) is 0 Å². The largest absolute Gasteiger partial charge is 0.329 e. The van der Waals surface area contributed by atoms with Gasteiger partial charge in [-0.15, -0.1) is 0 Å². The van der Waals surface area contributed by atoms with Gasteiger partial charge in [-0.05, 0) is 37.3 Å². The van der Waals surface area contributed by atoms with Crippen LogP contribution in [0.5, 0.6) is 0 Å². The SMILES string of the molecule is CN(c1ccccc1CN)c1ncnc2c1CCCC2. The van der Waals surface area contributed by atoms with Crippen molar-refractivity contribution < 1.29 is 0 Å². The van der Waals surface area contributed by atoms with Gasteiger partial charge in [-0.1, -0.05) is 18.2 Å². The minimum absolute atomic E-state index is 0.536. The Hall–Kier alpha value is -1.94. The van der Waals surface area contributed by atoms with Gasteiger partial charge in [0.2, 0.25) is 0 Å².